The third-order valence-corrected chi connectivity index (χ3v) is 7.07. The Morgan fingerprint density at radius 3 is 2.39 bits per heavy atom. The molecule has 1 nitrogen and oxygen atoms in total. The van der Waals surface area contributed by atoms with E-state index in [4.69, 9.17) is 0 Å². The molecule has 0 bridgehead atoms. The summed E-state index contributed by atoms with van der Waals surface area (Å²) < 4.78 is 2.14. The number of halogens is 2. The van der Waals surface area contributed by atoms with Crippen LogP contribution in [0.4, 0.5) is 0 Å². The maximum Gasteiger partial charge on any atom is 0.156 e. The number of aryl methyl sites for hydroxylation is 1. The fourth-order valence-corrected chi connectivity index (χ4v) is 5.09. The molecule has 0 aromatic heterocycles. The van der Waals surface area contributed by atoms with E-state index in [1.165, 1.54) is 22.3 Å². The van der Waals surface area contributed by atoms with Gasteiger partial charge in [-0.15, -0.1) is 0 Å². The molecule has 140 valence electrons. The van der Waals surface area contributed by atoms with Crippen LogP contribution >= 0.6 is 31.9 Å². The zero-order chi connectivity index (χ0) is 19.7. The number of hydrogen-bond donors (Lipinski definition) is 0. The number of allylic oxidation sites excluding steroid dienone is 2. The van der Waals surface area contributed by atoms with Gasteiger partial charge in [0.25, 0.3) is 0 Å². The zero-order valence-corrected chi connectivity index (χ0v) is 18.8. The Morgan fingerprint density at radius 2 is 1.64 bits per heavy atom. The molecule has 0 saturated carbocycles. The fraction of sp³-hybridized carbons (Fsp3) is 0.160. The summed E-state index contributed by atoms with van der Waals surface area (Å²) in [6, 6.07) is 23.0. The second kappa shape index (κ2) is 8.18. The molecule has 0 amide bonds. The Balaban J connectivity index is 1.66. The molecular formula is C25H20Br2O. The SMILES string of the molecule is Cc1cccc(C2=CC(=O)CC(c3ccc(-c4ccccc4)cc3Br)C2)c1Br. The molecule has 0 N–H and O–H groups in total. The summed E-state index contributed by atoms with van der Waals surface area (Å²) in [5.41, 5.74) is 6.98. The number of hydrogen-bond acceptors (Lipinski definition) is 1. The minimum Gasteiger partial charge on any atom is -0.295 e. The van der Waals surface area contributed by atoms with Crippen LogP contribution in [0, 0.1) is 6.92 Å². The lowest BCUT2D eigenvalue weighted by Crippen LogP contribution is -2.13. The van der Waals surface area contributed by atoms with E-state index in [0.29, 0.717) is 6.42 Å². The van der Waals surface area contributed by atoms with E-state index in [9.17, 15) is 4.79 Å². The van der Waals surface area contributed by atoms with Crippen LogP contribution in [0.15, 0.2) is 81.8 Å². The smallest absolute Gasteiger partial charge is 0.156 e. The topological polar surface area (TPSA) is 17.1 Å². The largest absolute Gasteiger partial charge is 0.295 e. The van der Waals surface area contributed by atoms with Gasteiger partial charge in [-0.25, -0.2) is 0 Å². The molecule has 28 heavy (non-hydrogen) atoms. The molecule has 0 radical (unpaired) electrons. The maximum atomic E-state index is 12.5. The van der Waals surface area contributed by atoms with Crippen molar-refractivity contribution < 1.29 is 4.79 Å². The highest BCUT2D eigenvalue weighted by Crippen LogP contribution is 2.41. The minimum absolute atomic E-state index is 0.180. The molecule has 4 rings (SSSR count). The highest BCUT2D eigenvalue weighted by Gasteiger charge is 2.25. The first-order valence-electron chi connectivity index (χ1n) is 9.36. The lowest BCUT2D eigenvalue weighted by molar-refractivity contribution is -0.115. The molecule has 3 heteroatoms. The van der Waals surface area contributed by atoms with E-state index in [2.05, 4.69) is 87.3 Å². The summed E-state index contributed by atoms with van der Waals surface area (Å²) in [5, 5.41) is 0. The van der Waals surface area contributed by atoms with Crippen molar-refractivity contribution in [2.75, 3.05) is 0 Å². The zero-order valence-electron chi connectivity index (χ0n) is 15.6. The van der Waals surface area contributed by atoms with Gasteiger partial charge in [0.2, 0.25) is 0 Å². The molecule has 1 aliphatic carbocycles. The molecule has 1 aliphatic rings. The summed E-state index contributed by atoms with van der Waals surface area (Å²) >= 11 is 7.46. The standard InChI is InChI=1S/C25H20Br2O/c1-16-6-5-9-23(25(16)27)20-12-19(13-21(28)14-20)22-11-10-18(15-24(22)26)17-7-3-2-4-8-17/h2-11,14-15,19H,12-13H2,1H3. The predicted octanol–water partition coefficient (Wildman–Crippen LogP) is 7.72. The Labute approximate surface area is 182 Å². The normalized spacial score (nSPS) is 16.8. The van der Waals surface area contributed by atoms with E-state index >= 15 is 0 Å². The molecular weight excluding hydrogens is 476 g/mol. The van der Waals surface area contributed by atoms with Gasteiger partial charge in [0.1, 0.15) is 0 Å². The third kappa shape index (κ3) is 3.92. The molecule has 3 aromatic rings. The van der Waals surface area contributed by atoms with Gasteiger partial charge < -0.3 is 0 Å². The average molecular weight is 496 g/mol. The van der Waals surface area contributed by atoms with Gasteiger partial charge >= 0.3 is 0 Å². The van der Waals surface area contributed by atoms with Crippen LogP contribution in [-0.4, -0.2) is 5.78 Å². The van der Waals surface area contributed by atoms with Crippen LogP contribution in [0.1, 0.15) is 35.4 Å². The van der Waals surface area contributed by atoms with Crippen LogP contribution in [0.25, 0.3) is 16.7 Å². The summed E-state index contributed by atoms with van der Waals surface area (Å²) in [6.07, 6.45) is 3.23. The molecule has 1 unspecified atom stereocenters. The lowest BCUT2D eigenvalue weighted by atomic mass is 9.80. The second-order valence-corrected chi connectivity index (χ2v) is 8.93. The third-order valence-electron chi connectivity index (χ3n) is 5.33. The van der Waals surface area contributed by atoms with E-state index < -0.39 is 0 Å². The van der Waals surface area contributed by atoms with Crippen LogP contribution in [-0.2, 0) is 4.79 Å². The van der Waals surface area contributed by atoms with Crippen molar-refractivity contribution in [3.8, 4) is 11.1 Å². The number of rotatable bonds is 3. The van der Waals surface area contributed by atoms with E-state index in [1.54, 1.807) is 0 Å². The summed E-state index contributed by atoms with van der Waals surface area (Å²) in [5.74, 6) is 0.373. The number of ketones is 1. The van der Waals surface area contributed by atoms with Gasteiger partial charge in [-0.05, 0) is 80.7 Å². The molecule has 1 atom stereocenters. The maximum absolute atomic E-state index is 12.5. The van der Waals surface area contributed by atoms with E-state index in [-0.39, 0.29) is 11.7 Å². The summed E-state index contributed by atoms with van der Waals surface area (Å²) in [6.45, 7) is 2.08. The molecule has 0 saturated heterocycles. The lowest BCUT2D eigenvalue weighted by Gasteiger charge is -2.25. The Hall–Kier alpha value is -1.97. The Morgan fingerprint density at radius 1 is 0.857 bits per heavy atom. The van der Waals surface area contributed by atoms with Crippen molar-refractivity contribution in [3.05, 3.63) is 98.4 Å². The van der Waals surface area contributed by atoms with Crippen molar-refractivity contribution in [1.82, 2.24) is 0 Å². The van der Waals surface area contributed by atoms with Crippen LogP contribution in [0.2, 0.25) is 0 Å². The summed E-state index contributed by atoms with van der Waals surface area (Å²) in [4.78, 5) is 12.5. The summed E-state index contributed by atoms with van der Waals surface area (Å²) in [7, 11) is 0. The van der Waals surface area contributed by atoms with Gasteiger partial charge in [-0.1, -0.05) is 76.6 Å². The van der Waals surface area contributed by atoms with E-state index in [1.807, 2.05) is 24.3 Å². The molecule has 0 spiro atoms. The highest BCUT2D eigenvalue weighted by atomic mass is 79.9. The van der Waals surface area contributed by atoms with Gasteiger partial charge in [-0.2, -0.15) is 0 Å². The van der Waals surface area contributed by atoms with Crippen molar-refractivity contribution in [1.29, 1.82) is 0 Å². The minimum atomic E-state index is 0.180. The van der Waals surface area contributed by atoms with Crippen LogP contribution in [0.3, 0.4) is 0 Å². The highest BCUT2D eigenvalue weighted by molar-refractivity contribution is 9.10. The quantitative estimate of drug-likeness (QED) is 0.363. The molecule has 0 heterocycles. The van der Waals surface area contributed by atoms with E-state index in [0.717, 1.165) is 26.5 Å². The van der Waals surface area contributed by atoms with Crippen molar-refractivity contribution in [3.63, 3.8) is 0 Å². The van der Waals surface area contributed by atoms with Crippen molar-refractivity contribution in [2.24, 2.45) is 0 Å². The van der Waals surface area contributed by atoms with Gasteiger partial charge in [0.15, 0.2) is 5.78 Å². The monoisotopic (exact) mass is 494 g/mol. The predicted molar refractivity (Wildman–Crippen MR) is 123 cm³/mol. The Kier molecular flexibility index (Phi) is 5.65. The number of carbonyl (C=O) groups is 1. The fourth-order valence-electron chi connectivity index (χ4n) is 3.86. The van der Waals surface area contributed by atoms with Crippen molar-refractivity contribution >= 4 is 43.2 Å². The number of carbonyl (C=O) groups excluding carboxylic acids is 1. The van der Waals surface area contributed by atoms with Gasteiger partial charge in [0, 0.05) is 15.4 Å². The first kappa shape index (κ1) is 19.4. The first-order chi connectivity index (χ1) is 13.5. The van der Waals surface area contributed by atoms with Crippen molar-refractivity contribution in [2.45, 2.75) is 25.7 Å². The van der Waals surface area contributed by atoms with Crippen LogP contribution < -0.4 is 0 Å². The average Bonchev–Trinajstić information content (AvgIpc) is 2.70. The Bertz CT molecular complexity index is 1070. The van der Waals surface area contributed by atoms with Gasteiger partial charge in [-0.3, -0.25) is 4.79 Å². The molecule has 0 aliphatic heterocycles. The van der Waals surface area contributed by atoms with Gasteiger partial charge in [0.05, 0.1) is 0 Å². The number of benzene rings is 3. The van der Waals surface area contributed by atoms with Crippen LogP contribution in [0.5, 0.6) is 0 Å². The first-order valence-corrected chi connectivity index (χ1v) is 11.0. The molecule has 3 aromatic carbocycles. The molecule has 0 fully saturated rings. The second-order valence-electron chi connectivity index (χ2n) is 7.28.